The van der Waals surface area contributed by atoms with Gasteiger partial charge in [-0.15, -0.1) is 0 Å². The monoisotopic (exact) mass is 752 g/mol. The number of hydrogen-bond acceptors (Lipinski definition) is 4. The van der Waals surface area contributed by atoms with Crippen LogP contribution in [-0.2, 0) is 18.1 Å². The maximum absolute atomic E-state index is 13.9. The molecular formula is C27H18Cl9O4P. The summed E-state index contributed by atoms with van der Waals surface area (Å²) in [5.41, 5.74) is 6.33. The minimum atomic E-state index is -4.36. The number of benzene rings is 3. The van der Waals surface area contributed by atoms with Crippen molar-refractivity contribution < 1.29 is 18.1 Å². The molecule has 0 unspecified atom stereocenters. The summed E-state index contributed by atoms with van der Waals surface area (Å²) >= 11 is 55.2. The molecule has 0 heterocycles. The Morgan fingerprint density at radius 2 is 0.805 bits per heavy atom. The van der Waals surface area contributed by atoms with Gasteiger partial charge in [0.2, 0.25) is 0 Å². The first-order valence-corrected chi connectivity index (χ1v) is 16.3. The molecule has 0 aliphatic carbocycles. The highest BCUT2D eigenvalue weighted by Crippen LogP contribution is 2.52. The molecule has 0 fully saturated rings. The largest absolute Gasteiger partial charge is 0.475 e. The summed E-state index contributed by atoms with van der Waals surface area (Å²) in [5.74, 6) is 0. The van der Waals surface area contributed by atoms with Crippen molar-refractivity contribution in [1.82, 2.24) is 0 Å². The predicted octanol–water partition coefficient (Wildman–Crippen LogP) is 12.9. The molecule has 41 heavy (non-hydrogen) atoms. The lowest BCUT2D eigenvalue weighted by Gasteiger charge is -2.21. The second-order valence-corrected chi connectivity index (χ2v) is 12.9. The average molecular weight is 756 g/mol. The number of phosphoric ester groups is 1. The van der Waals surface area contributed by atoms with E-state index in [-0.39, 0.29) is 19.8 Å². The topological polar surface area (TPSA) is 44.8 Å². The van der Waals surface area contributed by atoms with Gasteiger partial charge in [-0.25, -0.2) is 4.57 Å². The SMILES string of the molecule is O=P(OC/C(=C\Cl)c1ccc(Cl)cc1Cl)(OC/C(=C\Cl)c1ccc(Cl)cc1Cl)OC/C(=C\Cl)c1ccc(Cl)cc1Cl. The van der Waals surface area contributed by atoms with Crippen molar-refractivity contribution in [2.75, 3.05) is 19.8 Å². The molecule has 14 heteroatoms. The van der Waals surface area contributed by atoms with E-state index in [4.69, 9.17) is 118 Å². The Kier molecular flexibility index (Phi) is 14.2. The standard InChI is InChI=1S/C27H18Cl9O4P/c28-10-16(22-4-1-19(31)7-25(22)34)13-38-41(37,39-14-17(11-29)23-5-2-20(32)8-26(23)35)40-15-18(12-30)24-6-3-21(33)9-27(24)36/h1-12H,13-15H2/b16-10+,17-11+,18-12+. The molecule has 0 spiro atoms. The van der Waals surface area contributed by atoms with E-state index >= 15 is 0 Å². The lowest BCUT2D eigenvalue weighted by molar-refractivity contribution is 0.146. The highest BCUT2D eigenvalue weighted by atomic mass is 35.5. The first-order valence-electron chi connectivity index (χ1n) is 11.3. The highest BCUT2D eigenvalue weighted by molar-refractivity contribution is 7.48. The minimum absolute atomic E-state index is 0.305. The number of halogens is 9. The van der Waals surface area contributed by atoms with E-state index in [2.05, 4.69) is 0 Å². The summed E-state index contributed by atoms with van der Waals surface area (Å²) in [6.07, 6.45) is 0. The molecule has 0 N–H and O–H groups in total. The number of rotatable bonds is 12. The van der Waals surface area contributed by atoms with Crippen molar-refractivity contribution in [3.63, 3.8) is 0 Å². The maximum Gasteiger partial charge on any atom is 0.475 e. The molecule has 0 bridgehead atoms. The van der Waals surface area contributed by atoms with Crippen LogP contribution < -0.4 is 0 Å². The first kappa shape index (κ1) is 35.1. The molecule has 0 aliphatic heterocycles. The molecule has 3 aromatic carbocycles. The fourth-order valence-electron chi connectivity index (χ4n) is 3.31. The van der Waals surface area contributed by atoms with E-state index in [0.29, 0.717) is 63.5 Å². The van der Waals surface area contributed by atoms with Crippen LogP contribution in [0, 0.1) is 0 Å². The molecule has 3 rings (SSSR count). The fourth-order valence-corrected chi connectivity index (χ4v) is 6.56. The Balaban J connectivity index is 1.87. The Labute approximate surface area is 282 Å². The summed E-state index contributed by atoms with van der Waals surface area (Å²) < 4.78 is 31.0. The smallest absolute Gasteiger partial charge is 0.282 e. The van der Waals surface area contributed by atoms with Gasteiger partial charge in [-0.3, -0.25) is 13.6 Å². The Hall–Kier alpha value is -0.400. The van der Waals surface area contributed by atoms with Crippen molar-refractivity contribution >= 4 is 129 Å². The third kappa shape index (κ3) is 10.1. The lowest BCUT2D eigenvalue weighted by Crippen LogP contribution is -2.07. The van der Waals surface area contributed by atoms with Crippen LogP contribution in [0.5, 0.6) is 0 Å². The third-order valence-corrected chi connectivity index (χ3v) is 9.13. The maximum atomic E-state index is 13.9. The highest BCUT2D eigenvalue weighted by Gasteiger charge is 2.30. The molecule has 218 valence electrons. The molecule has 0 saturated carbocycles. The Bertz CT molecular complexity index is 1360. The van der Waals surface area contributed by atoms with Crippen molar-refractivity contribution in [1.29, 1.82) is 0 Å². The first-order chi connectivity index (χ1) is 19.5. The van der Waals surface area contributed by atoms with Gasteiger partial charge < -0.3 is 0 Å². The zero-order chi connectivity index (χ0) is 30.2. The van der Waals surface area contributed by atoms with Gasteiger partial charge in [0.05, 0.1) is 19.8 Å². The molecule has 0 aliphatic rings. The lowest BCUT2D eigenvalue weighted by atomic mass is 10.1. The Morgan fingerprint density at radius 1 is 0.537 bits per heavy atom. The van der Waals surface area contributed by atoms with Gasteiger partial charge in [0.25, 0.3) is 0 Å². The Morgan fingerprint density at radius 3 is 1.02 bits per heavy atom. The van der Waals surface area contributed by atoms with Gasteiger partial charge in [-0.1, -0.05) is 123 Å². The summed E-state index contributed by atoms with van der Waals surface area (Å²) in [6, 6.07) is 14.4. The van der Waals surface area contributed by atoms with E-state index in [9.17, 15) is 4.57 Å². The number of hydrogen-bond donors (Lipinski definition) is 0. The average Bonchev–Trinajstić information content (AvgIpc) is 2.92. The van der Waals surface area contributed by atoms with E-state index < -0.39 is 7.82 Å². The summed E-state index contributed by atoms with van der Waals surface area (Å²) in [4.78, 5) is 0. The molecule has 3 aromatic rings. The zero-order valence-electron chi connectivity index (χ0n) is 20.5. The molecule has 0 amide bonds. The predicted molar refractivity (Wildman–Crippen MR) is 176 cm³/mol. The molecule has 0 saturated heterocycles. The summed E-state index contributed by atoms with van der Waals surface area (Å²) in [5, 5.41) is 2.19. The van der Waals surface area contributed by atoms with E-state index in [0.717, 1.165) is 0 Å². The van der Waals surface area contributed by atoms with Crippen LogP contribution in [0.4, 0.5) is 0 Å². The van der Waals surface area contributed by atoms with Gasteiger partial charge in [-0.05, 0) is 69.8 Å². The van der Waals surface area contributed by atoms with Gasteiger partial charge in [0, 0.05) is 46.7 Å². The van der Waals surface area contributed by atoms with Crippen LogP contribution >= 0.6 is 112 Å². The van der Waals surface area contributed by atoms with E-state index in [1.165, 1.54) is 34.8 Å². The van der Waals surface area contributed by atoms with Crippen LogP contribution in [0.2, 0.25) is 30.1 Å². The minimum Gasteiger partial charge on any atom is -0.282 e. The van der Waals surface area contributed by atoms with Gasteiger partial charge >= 0.3 is 7.82 Å². The molecule has 0 radical (unpaired) electrons. The molecule has 4 nitrogen and oxygen atoms in total. The second kappa shape index (κ2) is 16.6. The summed E-state index contributed by atoms with van der Waals surface area (Å²) in [7, 11) is -4.36. The van der Waals surface area contributed by atoms with Crippen molar-refractivity contribution in [3.8, 4) is 0 Å². The van der Waals surface area contributed by atoms with Gasteiger partial charge in [0.1, 0.15) is 0 Å². The van der Waals surface area contributed by atoms with Crippen molar-refractivity contribution in [2.24, 2.45) is 0 Å². The second-order valence-electron chi connectivity index (χ2n) is 8.04. The fraction of sp³-hybridized carbons (Fsp3) is 0.111. The molecule has 0 atom stereocenters. The van der Waals surface area contributed by atoms with Crippen LogP contribution in [-0.4, -0.2) is 19.8 Å². The van der Waals surface area contributed by atoms with E-state index in [1.807, 2.05) is 0 Å². The quantitative estimate of drug-likeness (QED) is 0.173. The molecule has 0 aromatic heterocycles. The van der Waals surface area contributed by atoms with Crippen molar-refractivity contribution in [3.05, 3.63) is 118 Å². The zero-order valence-corrected chi connectivity index (χ0v) is 28.2. The summed E-state index contributed by atoms with van der Waals surface area (Å²) in [6.45, 7) is -0.942. The third-order valence-electron chi connectivity index (χ3n) is 5.36. The van der Waals surface area contributed by atoms with Crippen LogP contribution in [0.1, 0.15) is 16.7 Å². The number of phosphoric acid groups is 1. The van der Waals surface area contributed by atoms with Gasteiger partial charge in [0.15, 0.2) is 0 Å². The van der Waals surface area contributed by atoms with Crippen LogP contribution in [0.15, 0.2) is 71.2 Å². The van der Waals surface area contributed by atoms with Crippen LogP contribution in [0.3, 0.4) is 0 Å². The van der Waals surface area contributed by atoms with Gasteiger partial charge in [-0.2, -0.15) is 0 Å². The normalized spacial score (nSPS) is 13.1. The van der Waals surface area contributed by atoms with E-state index in [1.54, 1.807) is 36.4 Å². The van der Waals surface area contributed by atoms with Crippen LogP contribution in [0.25, 0.3) is 16.7 Å². The van der Waals surface area contributed by atoms with Crippen molar-refractivity contribution in [2.45, 2.75) is 0 Å². The molecular weight excluding hydrogens is 738 g/mol.